The molecule has 21 heavy (non-hydrogen) atoms. The highest BCUT2D eigenvalue weighted by molar-refractivity contribution is 6.01. The molecule has 0 aromatic rings. The van der Waals surface area contributed by atoms with Crippen molar-refractivity contribution < 1.29 is 14.4 Å². The molecule has 1 aliphatic carbocycles. The number of rotatable bonds is 3. The number of amides is 2. The number of likely N-dealkylation sites (tertiary alicyclic amines) is 1. The van der Waals surface area contributed by atoms with Gasteiger partial charge in [0, 0.05) is 25.3 Å². The number of nitrogens with zero attached hydrogens (tertiary/aromatic N) is 1. The van der Waals surface area contributed by atoms with Crippen molar-refractivity contribution in [3.63, 3.8) is 0 Å². The van der Waals surface area contributed by atoms with Gasteiger partial charge < -0.3 is 0 Å². The molecule has 4 nitrogen and oxygen atoms in total. The van der Waals surface area contributed by atoms with E-state index in [0.717, 1.165) is 25.7 Å². The van der Waals surface area contributed by atoms with Crippen LogP contribution in [-0.4, -0.2) is 29.0 Å². The summed E-state index contributed by atoms with van der Waals surface area (Å²) in [6.45, 7) is 10.2. The maximum Gasteiger partial charge on any atom is 0.229 e. The highest BCUT2D eigenvalue weighted by Crippen LogP contribution is 2.30. The third-order valence-corrected chi connectivity index (χ3v) is 4.02. The smallest absolute Gasteiger partial charge is 0.229 e. The number of carbonyl (C=O) groups is 3. The fraction of sp³-hybridized carbons (Fsp3) is 0.824. The van der Waals surface area contributed by atoms with E-state index in [0.29, 0.717) is 25.3 Å². The van der Waals surface area contributed by atoms with E-state index in [9.17, 15) is 14.4 Å². The molecule has 0 spiro atoms. The first kappa shape index (κ1) is 19.8. The number of carbonyl (C=O) groups excluding carboxylic acids is 3. The predicted octanol–water partition coefficient (Wildman–Crippen LogP) is 3.58. The van der Waals surface area contributed by atoms with Crippen LogP contribution in [0.2, 0.25) is 0 Å². The van der Waals surface area contributed by atoms with Gasteiger partial charge in [-0.2, -0.15) is 0 Å². The minimum Gasteiger partial charge on any atom is -0.300 e. The van der Waals surface area contributed by atoms with Crippen molar-refractivity contribution in [2.45, 2.75) is 73.1 Å². The average Bonchev–Trinajstić information content (AvgIpc) is 2.84. The Labute approximate surface area is 129 Å². The van der Waals surface area contributed by atoms with Crippen molar-refractivity contribution in [1.82, 2.24) is 4.90 Å². The number of ketones is 1. The van der Waals surface area contributed by atoms with E-state index < -0.39 is 0 Å². The molecule has 2 fully saturated rings. The lowest BCUT2D eigenvalue weighted by Gasteiger charge is -2.29. The van der Waals surface area contributed by atoms with E-state index in [1.165, 1.54) is 4.90 Å². The zero-order chi connectivity index (χ0) is 16.4. The molecule has 4 heteroatoms. The lowest BCUT2D eigenvalue weighted by Crippen LogP contribution is -2.35. The largest absolute Gasteiger partial charge is 0.300 e. The maximum absolute atomic E-state index is 11.5. The van der Waals surface area contributed by atoms with Gasteiger partial charge in [0.2, 0.25) is 11.8 Å². The molecule has 0 bridgehead atoms. The lowest BCUT2D eigenvalue weighted by molar-refractivity contribution is -0.139. The Kier molecular flexibility index (Phi) is 9.93. The Morgan fingerprint density at radius 3 is 1.76 bits per heavy atom. The minimum absolute atomic E-state index is 0.0244. The Morgan fingerprint density at radius 2 is 1.38 bits per heavy atom. The van der Waals surface area contributed by atoms with Crippen molar-refractivity contribution in [2.24, 2.45) is 11.8 Å². The molecule has 1 saturated carbocycles. The summed E-state index contributed by atoms with van der Waals surface area (Å²) in [7, 11) is 0. The number of hydrogen-bond acceptors (Lipinski definition) is 3. The van der Waals surface area contributed by atoms with Crippen LogP contribution in [0.4, 0.5) is 0 Å². The summed E-state index contributed by atoms with van der Waals surface area (Å²) in [5.74, 6) is 0.831. The molecule has 0 radical (unpaired) electrons. The Bertz CT molecular complexity index is 328. The first-order valence-corrected chi connectivity index (χ1v) is 8.41. The molecule has 0 N–H and O–H groups in total. The molecule has 0 aromatic carbocycles. The summed E-state index contributed by atoms with van der Waals surface area (Å²) < 4.78 is 0. The van der Waals surface area contributed by atoms with Crippen LogP contribution in [0.3, 0.4) is 0 Å². The SMILES string of the molecule is CC.CC.CC(=O)C1CCC(CN2C(=O)CCC2=O)CC1. The summed E-state index contributed by atoms with van der Waals surface area (Å²) in [5, 5.41) is 0. The van der Waals surface area contributed by atoms with Crippen LogP contribution in [0.25, 0.3) is 0 Å². The minimum atomic E-state index is -0.0244. The highest BCUT2D eigenvalue weighted by atomic mass is 16.2. The molecule has 0 atom stereocenters. The molecule has 122 valence electrons. The van der Waals surface area contributed by atoms with Crippen molar-refractivity contribution in [2.75, 3.05) is 6.54 Å². The zero-order valence-electron chi connectivity index (χ0n) is 14.3. The molecular weight excluding hydrogens is 266 g/mol. The molecule has 2 amide bonds. The number of Topliss-reactive ketones (excluding diaryl/α,β-unsaturated/α-hetero) is 1. The Balaban J connectivity index is 0.000000921. The van der Waals surface area contributed by atoms with Gasteiger partial charge in [0.1, 0.15) is 5.78 Å². The molecule has 1 saturated heterocycles. The quantitative estimate of drug-likeness (QED) is 0.748. The van der Waals surface area contributed by atoms with E-state index in [1.807, 2.05) is 27.7 Å². The van der Waals surface area contributed by atoms with Gasteiger partial charge in [-0.3, -0.25) is 19.3 Å². The van der Waals surface area contributed by atoms with E-state index >= 15 is 0 Å². The zero-order valence-corrected chi connectivity index (χ0v) is 14.3. The Hall–Kier alpha value is -1.19. The topological polar surface area (TPSA) is 54.5 Å². The summed E-state index contributed by atoms with van der Waals surface area (Å²) >= 11 is 0. The monoisotopic (exact) mass is 297 g/mol. The predicted molar refractivity (Wildman–Crippen MR) is 84.8 cm³/mol. The van der Waals surface area contributed by atoms with Crippen LogP contribution in [0.5, 0.6) is 0 Å². The van der Waals surface area contributed by atoms with Gasteiger partial charge in [0.15, 0.2) is 0 Å². The molecule has 0 unspecified atom stereocenters. The number of hydrogen-bond donors (Lipinski definition) is 0. The molecular formula is C17H31NO3. The normalized spacial score (nSPS) is 24.7. The van der Waals surface area contributed by atoms with Crippen LogP contribution >= 0.6 is 0 Å². The van der Waals surface area contributed by atoms with Crippen LogP contribution in [0, 0.1) is 11.8 Å². The second-order valence-corrected chi connectivity index (χ2v) is 5.23. The molecule has 1 heterocycles. The molecule has 2 rings (SSSR count). The average molecular weight is 297 g/mol. The highest BCUT2D eigenvalue weighted by Gasteiger charge is 2.32. The van der Waals surface area contributed by atoms with Crippen LogP contribution in [-0.2, 0) is 14.4 Å². The number of imide groups is 1. The second kappa shape index (κ2) is 10.5. The van der Waals surface area contributed by atoms with Crippen molar-refractivity contribution in [3.8, 4) is 0 Å². The van der Waals surface area contributed by atoms with Crippen molar-refractivity contribution >= 4 is 17.6 Å². The fourth-order valence-electron chi connectivity index (χ4n) is 2.84. The van der Waals surface area contributed by atoms with Crippen LogP contribution in [0.1, 0.15) is 73.1 Å². The van der Waals surface area contributed by atoms with Crippen molar-refractivity contribution in [1.29, 1.82) is 0 Å². The standard InChI is InChI=1S/C13H19NO3.2C2H6/c1-9(15)11-4-2-10(3-5-11)8-14-12(16)6-7-13(14)17;2*1-2/h10-11H,2-8H2,1H3;2*1-2H3. The molecule has 0 aromatic heterocycles. The summed E-state index contributed by atoms with van der Waals surface area (Å²) in [5.41, 5.74) is 0. The van der Waals surface area contributed by atoms with E-state index in [4.69, 9.17) is 0 Å². The van der Waals surface area contributed by atoms with Gasteiger partial charge in [-0.15, -0.1) is 0 Å². The first-order chi connectivity index (χ1) is 10.1. The molecule has 1 aliphatic heterocycles. The molecule has 2 aliphatic rings. The van der Waals surface area contributed by atoms with Gasteiger partial charge in [0.05, 0.1) is 0 Å². The summed E-state index contributed by atoms with van der Waals surface area (Å²) in [4.78, 5) is 35.6. The van der Waals surface area contributed by atoms with Crippen LogP contribution < -0.4 is 0 Å². The third kappa shape index (κ3) is 5.98. The Morgan fingerprint density at radius 1 is 0.952 bits per heavy atom. The van der Waals surface area contributed by atoms with Gasteiger partial charge in [-0.05, 0) is 38.5 Å². The third-order valence-electron chi connectivity index (χ3n) is 4.02. The van der Waals surface area contributed by atoms with Gasteiger partial charge in [0.25, 0.3) is 0 Å². The fourth-order valence-corrected chi connectivity index (χ4v) is 2.84. The lowest BCUT2D eigenvalue weighted by atomic mass is 9.80. The van der Waals surface area contributed by atoms with Gasteiger partial charge >= 0.3 is 0 Å². The van der Waals surface area contributed by atoms with Gasteiger partial charge in [-0.1, -0.05) is 27.7 Å². The van der Waals surface area contributed by atoms with E-state index in [1.54, 1.807) is 6.92 Å². The van der Waals surface area contributed by atoms with E-state index in [2.05, 4.69) is 0 Å². The van der Waals surface area contributed by atoms with Crippen LogP contribution in [0.15, 0.2) is 0 Å². The first-order valence-electron chi connectivity index (χ1n) is 8.41. The van der Waals surface area contributed by atoms with Gasteiger partial charge in [-0.25, -0.2) is 0 Å². The summed E-state index contributed by atoms with van der Waals surface area (Å²) in [6.07, 6.45) is 4.50. The maximum atomic E-state index is 11.5. The van der Waals surface area contributed by atoms with E-state index in [-0.39, 0.29) is 23.5 Å². The second-order valence-electron chi connectivity index (χ2n) is 5.23. The summed E-state index contributed by atoms with van der Waals surface area (Å²) in [6, 6.07) is 0. The van der Waals surface area contributed by atoms with Crippen molar-refractivity contribution in [3.05, 3.63) is 0 Å².